The van der Waals surface area contributed by atoms with Gasteiger partial charge >= 0.3 is 0 Å². The van der Waals surface area contributed by atoms with E-state index in [1.807, 2.05) is 35.5 Å². The Morgan fingerprint density at radius 2 is 2.04 bits per heavy atom. The molecule has 0 N–H and O–H groups in total. The van der Waals surface area contributed by atoms with Gasteiger partial charge in [-0.25, -0.2) is 9.97 Å². The molecule has 0 bridgehead atoms. The van der Waals surface area contributed by atoms with E-state index in [2.05, 4.69) is 27.9 Å². The number of likely N-dealkylation sites (tertiary alicyclic amines) is 1. The summed E-state index contributed by atoms with van der Waals surface area (Å²) in [5, 5.41) is 0. The molecule has 0 unspecified atom stereocenters. The summed E-state index contributed by atoms with van der Waals surface area (Å²) in [6.45, 7) is 5.15. The highest BCUT2D eigenvalue weighted by molar-refractivity contribution is 5.81. The Morgan fingerprint density at radius 1 is 1.23 bits per heavy atom. The number of ether oxygens (including phenoxy) is 1. The van der Waals surface area contributed by atoms with Crippen LogP contribution in [0.2, 0.25) is 0 Å². The van der Waals surface area contributed by atoms with Crippen molar-refractivity contribution in [2.45, 2.75) is 38.1 Å². The highest BCUT2D eigenvalue weighted by atomic mass is 16.5. The Balaban J connectivity index is 1.35. The fourth-order valence-electron chi connectivity index (χ4n) is 4.70. The number of amides is 1. The zero-order valence-corrected chi connectivity index (χ0v) is 14.9. The van der Waals surface area contributed by atoms with Crippen molar-refractivity contribution < 1.29 is 9.53 Å². The maximum Gasteiger partial charge on any atom is 0.226 e. The van der Waals surface area contributed by atoms with Gasteiger partial charge in [-0.1, -0.05) is 24.3 Å². The van der Waals surface area contributed by atoms with Gasteiger partial charge in [0.1, 0.15) is 0 Å². The Morgan fingerprint density at radius 3 is 2.85 bits per heavy atom. The van der Waals surface area contributed by atoms with Gasteiger partial charge in [-0.15, -0.1) is 0 Å². The predicted molar refractivity (Wildman–Crippen MR) is 96.0 cm³/mol. The summed E-state index contributed by atoms with van der Waals surface area (Å²) in [6, 6.07) is 8.29. The Kier molecular flexibility index (Phi) is 3.58. The third kappa shape index (κ3) is 2.29. The van der Waals surface area contributed by atoms with Gasteiger partial charge in [0.25, 0.3) is 0 Å². The summed E-state index contributed by atoms with van der Waals surface area (Å²) in [4.78, 5) is 25.7. The van der Waals surface area contributed by atoms with Crippen molar-refractivity contribution in [2.24, 2.45) is 0 Å². The lowest BCUT2D eigenvalue weighted by Crippen LogP contribution is -2.47. The monoisotopic (exact) mass is 350 g/mol. The van der Waals surface area contributed by atoms with Crippen LogP contribution in [0.4, 0.5) is 0 Å². The van der Waals surface area contributed by atoms with E-state index in [1.165, 1.54) is 5.56 Å². The van der Waals surface area contributed by atoms with E-state index in [1.54, 1.807) is 0 Å². The molecule has 2 atom stereocenters. The van der Waals surface area contributed by atoms with Crippen LogP contribution in [0.15, 0.2) is 36.7 Å². The largest absolute Gasteiger partial charge is 0.352 e. The molecule has 134 valence electrons. The molecule has 5 rings (SSSR count). The molecule has 6 nitrogen and oxygen atoms in total. The maximum absolute atomic E-state index is 12.3. The van der Waals surface area contributed by atoms with E-state index >= 15 is 0 Å². The van der Waals surface area contributed by atoms with Gasteiger partial charge in [-0.2, -0.15) is 0 Å². The fourth-order valence-corrected chi connectivity index (χ4v) is 4.70. The van der Waals surface area contributed by atoms with Gasteiger partial charge in [0.2, 0.25) is 5.91 Å². The van der Waals surface area contributed by atoms with Crippen LogP contribution in [0.1, 0.15) is 24.0 Å². The van der Waals surface area contributed by atoms with Crippen LogP contribution in [0.25, 0.3) is 11.4 Å². The molecule has 3 aliphatic heterocycles. The molecule has 3 aliphatic rings. The normalized spacial score (nSPS) is 27.8. The fraction of sp³-hybridized carbons (Fsp3) is 0.450. The molecule has 6 heteroatoms. The number of rotatable bonds is 3. The first-order valence-electron chi connectivity index (χ1n) is 9.23. The minimum absolute atomic E-state index is 0.147. The van der Waals surface area contributed by atoms with Crippen molar-refractivity contribution in [3.63, 3.8) is 0 Å². The SMILES string of the molecule is Cc1ccccc1-c1ncc(CN2CC[C@@]34OCCN3C(=O)C[C@@H]24)cn1. The molecule has 4 heterocycles. The van der Waals surface area contributed by atoms with Gasteiger partial charge in [0.15, 0.2) is 11.5 Å². The van der Waals surface area contributed by atoms with Gasteiger partial charge in [0, 0.05) is 56.0 Å². The van der Waals surface area contributed by atoms with E-state index in [4.69, 9.17) is 4.74 Å². The predicted octanol–water partition coefficient (Wildman–Crippen LogP) is 1.99. The smallest absolute Gasteiger partial charge is 0.226 e. The van der Waals surface area contributed by atoms with Gasteiger partial charge < -0.3 is 9.64 Å². The molecule has 2 aromatic rings. The summed E-state index contributed by atoms with van der Waals surface area (Å²) in [5.74, 6) is 0.981. The molecule has 1 spiro atoms. The van der Waals surface area contributed by atoms with Crippen molar-refractivity contribution in [3.8, 4) is 11.4 Å². The lowest BCUT2D eigenvalue weighted by molar-refractivity contribution is -0.136. The van der Waals surface area contributed by atoms with Crippen molar-refractivity contribution >= 4 is 5.91 Å². The van der Waals surface area contributed by atoms with Crippen LogP contribution in [-0.4, -0.2) is 57.1 Å². The second kappa shape index (κ2) is 5.86. The minimum Gasteiger partial charge on any atom is -0.352 e. The average Bonchev–Trinajstić information content (AvgIpc) is 3.29. The van der Waals surface area contributed by atoms with E-state index in [0.717, 1.165) is 43.0 Å². The Bertz CT molecular complexity index is 853. The van der Waals surface area contributed by atoms with Crippen LogP contribution in [0.5, 0.6) is 0 Å². The highest BCUT2D eigenvalue weighted by Crippen LogP contribution is 2.45. The van der Waals surface area contributed by atoms with Gasteiger partial charge in [0.05, 0.1) is 12.6 Å². The first kappa shape index (κ1) is 15.9. The quantitative estimate of drug-likeness (QED) is 0.847. The van der Waals surface area contributed by atoms with Gasteiger partial charge in [-0.3, -0.25) is 9.69 Å². The molecule has 1 amide bonds. The zero-order valence-electron chi connectivity index (χ0n) is 14.9. The van der Waals surface area contributed by atoms with Crippen molar-refractivity contribution in [1.82, 2.24) is 19.8 Å². The zero-order chi connectivity index (χ0) is 17.7. The average molecular weight is 350 g/mol. The van der Waals surface area contributed by atoms with Crippen molar-refractivity contribution in [1.29, 1.82) is 0 Å². The number of carbonyl (C=O) groups is 1. The molecule has 1 aromatic heterocycles. The molecule has 26 heavy (non-hydrogen) atoms. The molecule has 0 saturated carbocycles. The molecule has 0 aliphatic carbocycles. The molecule has 1 aromatic carbocycles. The highest BCUT2D eigenvalue weighted by Gasteiger charge is 2.61. The number of aryl methyl sites for hydroxylation is 1. The van der Waals surface area contributed by atoms with Crippen LogP contribution < -0.4 is 0 Å². The number of hydrogen-bond donors (Lipinski definition) is 0. The van der Waals surface area contributed by atoms with Crippen LogP contribution in [-0.2, 0) is 16.1 Å². The third-order valence-electron chi connectivity index (χ3n) is 5.99. The molecule has 3 saturated heterocycles. The maximum atomic E-state index is 12.3. The second-order valence-corrected chi connectivity index (χ2v) is 7.41. The molecular weight excluding hydrogens is 328 g/mol. The second-order valence-electron chi connectivity index (χ2n) is 7.41. The van der Waals surface area contributed by atoms with Crippen LogP contribution in [0, 0.1) is 6.92 Å². The third-order valence-corrected chi connectivity index (χ3v) is 5.99. The minimum atomic E-state index is -0.376. The number of benzene rings is 1. The lowest BCUT2D eigenvalue weighted by atomic mass is 10.1. The summed E-state index contributed by atoms with van der Waals surface area (Å²) < 4.78 is 6.05. The summed E-state index contributed by atoms with van der Waals surface area (Å²) in [7, 11) is 0. The van der Waals surface area contributed by atoms with E-state index < -0.39 is 0 Å². The van der Waals surface area contributed by atoms with Crippen LogP contribution >= 0.6 is 0 Å². The van der Waals surface area contributed by atoms with E-state index in [-0.39, 0.29) is 17.7 Å². The lowest BCUT2D eigenvalue weighted by Gasteiger charge is -2.31. The summed E-state index contributed by atoms with van der Waals surface area (Å²) in [5.41, 5.74) is 2.93. The number of hydrogen-bond acceptors (Lipinski definition) is 5. The molecule has 3 fully saturated rings. The van der Waals surface area contributed by atoms with E-state index in [0.29, 0.717) is 13.0 Å². The summed E-state index contributed by atoms with van der Waals surface area (Å²) >= 11 is 0. The number of carbonyl (C=O) groups excluding carboxylic acids is 1. The Labute approximate surface area is 152 Å². The van der Waals surface area contributed by atoms with Gasteiger partial charge in [-0.05, 0) is 12.5 Å². The standard InChI is InChI=1S/C20H22N4O2/c1-14-4-2-3-5-16(14)19-21-11-15(12-22-19)13-23-7-6-20-17(23)10-18(25)24(20)8-9-26-20/h2-5,11-12,17H,6-10,13H2,1H3/t17-,20+/m1/s1. The Hall–Kier alpha value is -2.31. The van der Waals surface area contributed by atoms with Crippen LogP contribution in [0.3, 0.4) is 0 Å². The van der Waals surface area contributed by atoms with Crippen molar-refractivity contribution in [3.05, 3.63) is 47.8 Å². The molecular formula is C20H22N4O2. The first-order valence-corrected chi connectivity index (χ1v) is 9.23. The number of nitrogens with zero attached hydrogens (tertiary/aromatic N) is 4. The topological polar surface area (TPSA) is 58.6 Å². The van der Waals surface area contributed by atoms with Crippen molar-refractivity contribution in [2.75, 3.05) is 19.7 Å². The first-order chi connectivity index (χ1) is 12.7. The number of aromatic nitrogens is 2. The molecule has 0 radical (unpaired) electrons. The summed E-state index contributed by atoms with van der Waals surface area (Å²) in [6.07, 6.45) is 5.27. The van der Waals surface area contributed by atoms with E-state index in [9.17, 15) is 4.79 Å².